The van der Waals surface area contributed by atoms with Crippen molar-refractivity contribution in [3.8, 4) is 0 Å². The summed E-state index contributed by atoms with van der Waals surface area (Å²) in [7, 11) is 1.90. The van der Waals surface area contributed by atoms with Gasteiger partial charge < -0.3 is 10.1 Å². The number of esters is 1. The van der Waals surface area contributed by atoms with Crippen molar-refractivity contribution in [3.63, 3.8) is 0 Å². The summed E-state index contributed by atoms with van der Waals surface area (Å²) in [5.74, 6) is -0.159. The number of hydrogen-bond acceptors (Lipinski definition) is 4. The molecule has 0 saturated heterocycles. The van der Waals surface area contributed by atoms with Crippen molar-refractivity contribution in [1.82, 2.24) is 15.1 Å². The highest BCUT2D eigenvalue weighted by atomic mass is 16.6. The number of nitrogens with one attached hydrogen (secondary N) is 1. The fourth-order valence-corrected chi connectivity index (χ4v) is 1.52. The van der Waals surface area contributed by atoms with Crippen molar-refractivity contribution < 1.29 is 9.53 Å². The first kappa shape index (κ1) is 14.7. The van der Waals surface area contributed by atoms with Crippen molar-refractivity contribution in [1.29, 1.82) is 0 Å². The molecule has 1 aromatic heterocycles. The van der Waals surface area contributed by atoms with Crippen LogP contribution in [-0.4, -0.2) is 34.4 Å². The zero-order chi connectivity index (χ0) is 13.6. The topological polar surface area (TPSA) is 56.2 Å². The molecule has 18 heavy (non-hydrogen) atoms. The van der Waals surface area contributed by atoms with Gasteiger partial charge in [-0.05, 0) is 26.8 Å². The number of hydrogen-bond donors (Lipinski definition) is 1. The predicted molar refractivity (Wildman–Crippen MR) is 70.2 cm³/mol. The van der Waals surface area contributed by atoms with Gasteiger partial charge >= 0.3 is 5.97 Å². The van der Waals surface area contributed by atoms with Crippen LogP contribution in [0.4, 0.5) is 0 Å². The van der Waals surface area contributed by atoms with Crippen molar-refractivity contribution in [2.75, 3.05) is 13.1 Å². The van der Waals surface area contributed by atoms with Gasteiger partial charge in [0.25, 0.3) is 0 Å². The lowest BCUT2D eigenvalue weighted by atomic mass is 10.2. The summed E-state index contributed by atoms with van der Waals surface area (Å²) in [6, 6.07) is 2.00. The van der Waals surface area contributed by atoms with E-state index in [0.29, 0.717) is 13.0 Å². The standard InChI is InChI=1S/C13H23N3O2/c1-13(2,3)18-12(17)6-9-14-8-5-11-7-10-16(4)15-11/h7,10,14H,5-6,8-9H2,1-4H3. The Labute approximate surface area is 109 Å². The molecule has 0 unspecified atom stereocenters. The van der Waals surface area contributed by atoms with E-state index in [1.54, 1.807) is 4.68 Å². The SMILES string of the molecule is Cn1ccc(CCNCCC(=O)OC(C)(C)C)n1. The number of nitrogens with zero attached hydrogens (tertiary/aromatic N) is 2. The minimum atomic E-state index is -0.398. The number of aromatic nitrogens is 2. The van der Waals surface area contributed by atoms with Crippen LogP contribution in [0, 0.1) is 0 Å². The first-order valence-electron chi connectivity index (χ1n) is 6.28. The molecule has 0 radical (unpaired) electrons. The molecule has 1 heterocycles. The third-order valence-corrected chi connectivity index (χ3v) is 2.25. The van der Waals surface area contributed by atoms with E-state index in [-0.39, 0.29) is 5.97 Å². The molecular weight excluding hydrogens is 230 g/mol. The second-order valence-corrected chi connectivity index (χ2v) is 5.32. The van der Waals surface area contributed by atoms with Crippen LogP contribution in [0.15, 0.2) is 12.3 Å². The summed E-state index contributed by atoms with van der Waals surface area (Å²) in [6.45, 7) is 7.08. The van der Waals surface area contributed by atoms with Gasteiger partial charge in [-0.3, -0.25) is 9.48 Å². The van der Waals surface area contributed by atoms with Gasteiger partial charge in [-0.2, -0.15) is 5.10 Å². The Kier molecular flexibility index (Phi) is 5.34. The van der Waals surface area contributed by atoms with Crippen molar-refractivity contribution in [3.05, 3.63) is 18.0 Å². The monoisotopic (exact) mass is 253 g/mol. The van der Waals surface area contributed by atoms with Gasteiger partial charge in [-0.25, -0.2) is 0 Å². The lowest BCUT2D eigenvalue weighted by molar-refractivity contribution is -0.154. The second kappa shape index (κ2) is 6.54. The van der Waals surface area contributed by atoms with E-state index in [9.17, 15) is 4.79 Å². The molecule has 0 amide bonds. The van der Waals surface area contributed by atoms with Crippen LogP contribution in [0.3, 0.4) is 0 Å². The normalized spacial score (nSPS) is 11.6. The molecule has 0 aliphatic heterocycles. The molecule has 0 aliphatic rings. The smallest absolute Gasteiger partial charge is 0.307 e. The number of carbonyl (C=O) groups is 1. The fourth-order valence-electron chi connectivity index (χ4n) is 1.52. The number of rotatable bonds is 6. The average Bonchev–Trinajstić information content (AvgIpc) is 2.61. The molecule has 0 bridgehead atoms. The predicted octanol–water partition coefficient (Wildman–Crippen LogP) is 1.28. The van der Waals surface area contributed by atoms with Gasteiger partial charge in [0, 0.05) is 32.8 Å². The minimum absolute atomic E-state index is 0.159. The lowest BCUT2D eigenvalue weighted by Crippen LogP contribution is -2.27. The fraction of sp³-hybridized carbons (Fsp3) is 0.692. The van der Waals surface area contributed by atoms with Gasteiger partial charge in [0.2, 0.25) is 0 Å². The maximum absolute atomic E-state index is 11.4. The van der Waals surface area contributed by atoms with Crippen LogP contribution in [0.5, 0.6) is 0 Å². The van der Waals surface area contributed by atoms with Crippen LogP contribution in [-0.2, 0) is 23.0 Å². The molecule has 5 heteroatoms. The Morgan fingerprint density at radius 3 is 2.72 bits per heavy atom. The average molecular weight is 253 g/mol. The zero-order valence-electron chi connectivity index (χ0n) is 11.7. The summed E-state index contributed by atoms with van der Waals surface area (Å²) in [4.78, 5) is 11.4. The molecule has 0 saturated carbocycles. The number of carbonyl (C=O) groups excluding carboxylic acids is 1. The van der Waals surface area contributed by atoms with Crippen LogP contribution in [0.2, 0.25) is 0 Å². The molecule has 1 N–H and O–H groups in total. The van der Waals surface area contributed by atoms with E-state index < -0.39 is 5.60 Å². The molecule has 1 aromatic rings. The van der Waals surface area contributed by atoms with Crippen LogP contribution < -0.4 is 5.32 Å². The highest BCUT2D eigenvalue weighted by Crippen LogP contribution is 2.07. The van der Waals surface area contributed by atoms with Crippen molar-refractivity contribution in [2.45, 2.75) is 39.2 Å². The maximum Gasteiger partial charge on any atom is 0.307 e. The quantitative estimate of drug-likeness (QED) is 0.613. The molecule has 0 aromatic carbocycles. The second-order valence-electron chi connectivity index (χ2n) is 5.32. The first-order valence-corrected chi connectivity index (χ1v) is 6.28. The Morgan fingerprint density at radius 1 is 1.44 bits per heavy atom. The van der Waals surface area contributed by atoms with E-state index in [1.165, 1.54) is 0 Å². The maximum atomic E-state index is 11.4. The molecule has 0 fully saturated rings. The third-order valence-electron chi connectivity index (χ3n) is 2.25. The Bertz CT molecular complexity index is 380. The summed E-state index contributed by atoms with van der Waals surface area (Å²) < 4.78 is 7.00. The van der Waals surface area contributed by atoms with Crippen LogP contribution >= 0.6 is 0 Å². The van der Waals surface area contributed by atoms with Crippen LogP contribution in [0.25, 0.3) is 0 Å². The van der Waals surface area contributed by atoms with E-state index in [4.69, 9.17) is 4.74 Å². The van der Waals surface area contributed by atoms with Gasteiger partial charge in [0.15, 0.2) is 0 Å². The third kappa shape index (κ3) is 6.39. The van der Waals surface area contributed by atoms with E-state index in [0.717, 1.165) is 18.7 Å². The summed E-state index contributed by atoms with van der Waals surface area (Å²) in [5, 5.41) is 7.49. The Hall–Kier alpha value is -1.36. The molecule has 0 spiro atoms. The highest BCUT2D eigenvalue weighted by molar-refractivity contribution is 5.70. The lowest BCUT2D eigenvalue weighted by Gasteiger charge is -2.19. The largest absolute Gasteiger partial charge is 0.460 e. The number of ether oxygens (including phenoxy) is 1. The van der Waals surface area contributed by atoms with E-state index in [2.05, 4.69) is 10.4 Å². The van der Waals surface area contributed by atoms with Gasteiger partial charge in [-0.1, -0.05) is 0 Å². The van der Waals surface area contributed by atoms with Gasteiger partial charge in [-0.15, -0.1) is 0 Å². The molecule has 5 nitrogen and oxygen atoms in total. The van der Waals surface area contributed by atoms with E-state index >= 15 is 0 Å². The van der Waals surface area contributed by atoms with Crippen LogP contribution in [0.1, 0.15) is 32.9 Å². The molecule has 102 valence electrons. The van der Waals surface area contributed by atoms with Gasteiger partial charge in [0.05, 0.1) is 12.1 Å². The molecule has 1 rings (SSSR count). The summed E-state index contributed by atoms with van der Waals surface area (Å²) in [5.41, 5.74) is 0.660. The Balaban J connectivity index is 2.07. The first-order chi connectivity index (χ1) is 8.37. The van der Waals surface area contributed by atoms with Crippen molar-refractivity contribution >= 4 is 5.97 Å². The summed E-state index contributed by atoms with van der Waals surface area (Å²) >= 11 is 0. The molecule has 0 aliphatic carbocycles. The Morgan fingerprint density at radius 2 is 2.17 bits per heavy atom. The van der Waals surface area contributed by atoms with Gasteiger partial charge in [0.1, 0.15) is 5.60 Å². The minimum Gasteiger partial charge on any atom is -0.460 e. The van der Waals surface area contributed by atoms with Crippen molar-refractivity contribution in [2.24, 2.45) is 7.05 Å². The summed E-state index contributed by atoms with van der Waals surface area (Å²) in [6.07, 6.45) is 3.20. The molecular formula is C13H23N3O2. The van der Waals surface area contributed by atoms with E-state index in [1.807, 2.05) is 40.1 Å². The highest BCUT2D eigenvalue weighted by Gasteiger charge is 2.15. The zero-order valence-corrected chi connectivity index (χ0v) is 11.7. The number of aryl methyl sites for hydroxylation is 1. The molecule has 0 atom stereocenters.